The molecule has 0 atom stereocenters. The molecule has 0 unspecified atom stereocenters. The van der Waals surface area contributed by atoms with Crippen LogP contribution in [0.15, 0.2) is 18.2 Å². The maximum atomic E-state index is 12.7. The van der Waals surface area contributed by atoms with E-state index in [1.165, 1.54) is 6.42 Å². The van der Waals surface area contributed by atoms with Crippen molar-refractivity contribution in [1.29, 1.82) is 0 Å². The maximum Gasteiger partial charge on any atom is 0 e. The summed E-state index contributed by atoms with van der Waals surface area (Å²) in [6, 6.07) is 6.12. The molecule has 1 saturated carbocycles. The van der Waals surface area contributed by atoms with Gasteiger partial charge in [0.2, 0.25) is 5.91 Å². The molecule has 7 heteroatoms. The van der Waals surface area contributed by atoms with Gasteiger partial charge in [-0.1, -0.05) is 58.2 Å². The van der Waals surface area contributed by atoms with Crippen LogP contribution in [0.5, 0.6) is 0 Å². The molecule has 0 aromatic heterocycles. The Morgan fingerprint density at radius 3 is 1.97 bits per heavy atom. The largest absolute Gasteiger partial charge is 0 e. The minimum Gasteiger partial charge on any atom is 0 e. The number of carbonyl (C=O) groups excluding carboxylic acids is 1. The summed E-state index contributed by atoms with van der Waals surface area (Å²) in [5, 5.41) is 10.9. The van der Waals surface area contributed by atoms with Crippen molar-refractivity contribution in [3.05, 3.63) is 49.3 Å². The zero-order chi connectivity index (χ0) is 23.3. The van der Waals surface area contributed by atoms with Gasteiger partial charge in [0.05, 0.1) is 5.60 Å². The summed E-state index contributed by atoms with van der Waals surface area (Å²) < 4.78 is 22.5. The van der Waals surface area contributed by atoms with E-state index >= 15 is 0 Å². The molecular weight excluding hydrogens is 422 g/mol. The van der Waals surface area contributed by atoms with E-state index in [2.05, 4.69) is 26.0 Å². The zero-order valence-corrected chi connectivity index (χ0v) is 19.7. The third-order valence-corrected chi connectivity index (χ3v) is 4.91. The Labute approximate surface area is 191 Å². The average Bonchev–Trinajstić information content (AvgIpc) is 2.71. The Morgan fingerprint density at radius 2 is 1.53 bits per heavy atom. The number of aryl methyl sites for hydroxylation is 1. The van der Waals surface area contributed by atoms with Gasteiger partial charge in [-0.15, -0.1) is 0 Å². The molecule has 0 heterocycles. The van der Waals surface area contributed by atoms with Gasteiger partial charge in [0, 0.05) is 41.9 Å². The van der Waals surface area contributed by atoms with Gasteiger partial charge in [0.25, 0.3) is 0 Å². The minimum absolute atomic E-state index is 0. The summed E-state index contributed by atoms with van der Waals surface area (Å²) in [4.78, 5) is 14.5. The third kappa shape index (κ3) is 9.94. The Bertz CT molecular complexity index is 684. The molecule has 1 aromatic carbocycles. The van der Waals surface area contributed by atoms with E-state index < -0.39 is 11.0 Å². The quantitative estimate of drug-likeness (QED) is 0.550. The molecule has 2 rings (SSSR count). The van der Waals surface area contributed by atoms with Crippen molar-refractivity contribution >= 4 is 11.6 Å². The van der Waals surface area contributed by atoms with Crippen LogP contribution in [0.1, 0.15) is 64.0 Å². The first kappa shape index (κ1) is 33.1. The van der Waals surface area contributed by atoms with E-state index in [1.807, 2.05) is 46.9 Å². The van der Waals surface area contributed by atoms with Crippen molar-refractivity contribution in [3.8, 4) is 0 Å². The summed E-state index contributed by atoms with van der Waals surface area (Å²) in [5.41, 5.74) is 2.09. The summed E-state index contributed by atoms with van der Waals surface area (Å²) in [6.07, 6.45) is 5.74. The molecule has 0 bridgehead atoms. The van der Waals surface area contributed by atoms with Gasteiger partial charge in [-0.3, -0.25) is 4.79 Å². The third-order valence-electron chi connectivity index (χ3n) is 4.91. The van der Waals surface area contributed by atoms with Crippen molar-refractivity contribution in [2.24, 2.45) is 5.41 Å². The van der Waals surface area contributed by atoms with Crippen molar-refractivity contribution in [3.63, 3.8) is 0 Å². The molecular formula is C23H31CrNO5. The molecule has 30 heavy (non-hydrogen) atoms. The van der Waals surface area contributed by atoms with Crippen LogP contribution in [-0.2, 0) is 42.5 Å². The average molecular weight is 453 g/mol. The second kappa shape index (κ2) is 16.1. The number of rotatable bonds is 3. The zero-order valence-electron chi connectivity index (χ0n) is 18.4. The predicted octanol–water partition coefficient (Wildman–Crippen LogP) is 4.13. The van der Waals surface area contributed by atoms with Gasteiger partial charge < -0.3 is 10.0 Å². The van der Waals surface area contributed by atoms with Gasteiger partial charge in [-0.2, -0.15) is 0 Å². The molecule has 0 spiro atoms. The van der Waals surface area contributed by atoms with Crippen LogP contribution >= 0.6 is 0 Å². The molecule has 0 radical (unpaired) electrons. The van der Waals surface area contributed by atoms with Crippen LogP contribution in [-0.4, -0.2) is 23.7 Å². The molecule has 1 N–H and O–H groups in total. The molecule has 0 saturated heterocycles. The van der Waals surface area contributed by atoms with E-state index in [0.717, 1.165) is 42.5 Å². The van der Waals surface area contributed by atoms with Crippen LogP contribution in [0.25, 0.3) is 0 Å². The van der Waals surface area contributed by atoms with Gasteiger partial charge in [0.15, 0.2) is 0 Å². The topological polar surface area (TPSA) is 100 Å². The van der Waals surface area contributed by atoms with Gasteiger partial charge >= 0.3 is 33.9 Å². The van der Waals surface area contributed by atoms with E-state index in [-0.39, 0.29) is 23.3 Å². The number of para-hydroxylation sites is 1. The first-order chi connectivity index (χ1) is 13.6. The maximum absolute atomic E-state index is 12.7. The fourth-order valence-corrected chi connectivity index (χ4v) is 3.69. The molecule has 6 nitrogen and oxygen atoms in total. The van der Waals surface area contributed by atoms with Crippen LogP contribution in [0.2, 0.25) is 0 Å². The standard InChI is InChI=1S/C20H31NO2.3CO.Cr/c1-15-10-9-11-16(14-20(23)12-7-6-8-13-20)17(15)21(5)18(22)19(2,3)4;3*1-2;/h9-11,23H,6-8,12-14H2,1-5H3;;;;. The first-order valence-electron chi connectivity index (χ1n) is 9.34. The first-order valence-corrected chi connectivity index (χ1v) is 9.34. The van der Waals surface area contributed by atoms with Crippen molar-refractivity contribution in [1.82, 2.24) is 0 Å². The summed E-state index contributed by atoms with van der Waals surface area (Å²) in [7, 11) is 1.85. The number of aliphatic hydroxyl groups is 1. The molecule has 1 aliphatic carbocycles. The summed E-state index contributed by atoms with van der Waals surface area (Å²) in [6.45, 7) is 21.4. The molecule has 164 valence electrons. The molecule has 1 aliphatic rings. The molecule has 1 aromatic rings. The normalized spacial score (nSPS) is 13.9. The van der Waals surface area contributed by atoms with Crippen LogP contribution < -0.4 is 4.90 Å². The summed E-state index contributed by atoms with van der Waals surface area (Å²) >= 11 is 0. The predicted molar refractivity (Wildman–Crippen MR) is 108 cm³/mol. The van der Waals surface area contributed by atoms with Gasteiger partial charge in [-0.05, 0) is 30.9 Å². The van der Waals surface area contributed by atoms with Crippen molar-refractivity contribution in [2.45, 2.75) is 71.8 Å². The van der Waals surface area contributed by atoms with E-state index in [4.69, 9.17) is 14.0 Å². The Morgan fingerprint density at radius 1 is 1.07 bits per heavy atom. The number of benzene rings is 1. The SMILES string of the molecule is Cc1cccc(CC2(O)CCCCC2)c1N(C)C(=O)C(C)(C)C.[C-]#[O+].[C-]#[O+].[C-]#[O+].[Cr]. The van der Waals surface area contributed by atoms with Crippen LogP contribution in [0.4, 0.5) is 5.69 Å². The fourth-order valence-electron chi connectivity index (χ4n) is 3.69. The smallest absolute Gasteiger partial charge is 0 e. The second-order valence-corrected chi connectivity index (χ2v) is 8.16. The monoisotopic (exact) mass is 453 g/mol. The number of hydrogen-bond donors (Lipinski definition) is 1. The number of amides is 1. The number of nitrogens with zero attached hydrogens (tertiary/aromatic N) is 1. The van der Waals surface area contributed by atoms with Crippen molar-refractivity contribution in [2.75, 3.05) is 11.9 Å². The fraction of sp³-hybridized carbons (Fsp3) is 0.565. The van der Waals surface area contributed by atoms with Crippen molar-refractivity contribution < 1.29 is 41.2 Å². The number of hydrogen-bond acceptors (Lipinski definition) is 2. The minimum atomic E-state index is -0.619. The van der Waals surface area contributed by atoms with Crippen LogP contribution in [0, 0.1) is 32.3 Å². The second-order valence-electron chi connectivity index (χ2n) is 8.16. The van der Waals surface area contributed by atoms with E-state index in [1.54, 1.807) is 4.90 Å². The van der Waals surface area contributed by atoms with E-state index in [9.17, 15) is 9.90 Å². The van der Waals surface area contributed by atoms with E-state index in [0.29, 0.717) is 6.42 Å². The van der Waals surface area contributed by atoms with Gasteiger partial charge in [0.1, 0.15) is 0 Å². The number of anilines is 1. The van der Waals surface area contributed by atoms with Crippen LogP contribution in [0.3, 0.4) is 0 Å². The molecule has 1 fully saturated rings. The Balaban J connectivity index is -0.000000955. The van der Waals surface area contributed by atoms with Gasteiger partial charge in [-0.25, -0.2) is 0 Å². The summed E-state index contributed by atoms with van der Waals surface area (Å²) in [5.74, 6) is 0.101. The molecule has 1 amide bonds. The molecule has 0 aliphatic heterocycles. The Hall–Kier alpha value is -1.60. The number of carbonyl (C=O) groups is 1. The Kier molecular flexibility index (Phi) is 17.8.